The Balaban J connectivity index is 1.91. The summed E-state index contributed by atoms with van der Waals surface area (Å²) >= 11 is 0. The van der Waals surface area contributed by atoms with E-state index in [9.17, 15) is 13.2 Å². The first-order valence-corrected chi connectivity index (χ1v) is 10.1. The second kappa shape index (κ2) is 8.62. The number of hydrogen-bond donors (Lipinski definition) is 0. The van der Waals surface area contributed by atoms with Crippen molar-refractivity contribution in [2.24, 2.45) is 0 Å². The quantitative estimate of drug-likeness (QED) is 0.739. The number of rotatable bonds is 6. The summed E-state index contributed by atoms with van der Waals surface area (Å²) in [6.07, 6.45) is 0.296. The number of nitriles is 1. The summed E-state index contributed by atoms with van der Waals surface area (Å²) in [5.41, 5.74) is 1.02. The highest BCUT2D eigenvalue weighted by Gasteiger charge is 2.29. The van der Waals surface area contributed by atoms with Crippen molar-refractivity contribution in [3.8, 4) is 6.07 Å². The van der Waals surface area contributed by atoms with Gasteiger partial charge in [0, 0.05) is 39.3 Å². The summed E-state index contributed by atoms with van der Waals surface area (Å²) in [6.45, 7) is 5.75. The molecule has 0 spiro atoms. The third-order valence-electron chi connectivity index (χ3n) is 4.79. The SMILES string of the molecule is Cc1ccc(S(=O)(=O)N2CCN(CC(=O)N(C)C(C)CC#N)CC2)cc1. The van der Waals surface area contributed by atoms with Crippen LogP contribution in [0.15, 0.2) is 29.2 Å². The van der Waals surface area contributed by atoms with Crippen LogP contribution in [0.25, 0.3) is 0 Å². The van der Waals surface area contributed by atoms with E-state index < -0.39 is 10.0 Å². The van der Waals surface area contributed by atoms with Crippen molar-refractivity contribution in [2.75, 3.05) is 39.8 Å². The molecule has 1 atom stereocenters. The Morgan fingerprint density at radius 2 is 1.81 bits per heavy atom. The lowest BCUT2D eigenvalue weighted by Crippen LogP contribution is -2.51. The highest BCUT2D eigenvalue weighted by atomic mass is 32.2. The Hall–Kier alpha value is -1.95. The largest absolute Gasteiger partial charge is 0.341 e. The highest BCUT2D eigenvalue weighted by molar-refractivity contribution is 7.89. The number of hydrogen-bond acceptors (Lipinski definition) is 5. The van der Waals surface area contributed by atoms with E-state index in [0.717, 1.165) is 5.56 Å². The van der Waals surface area contributed by atoms with Crippen molar-refractivity contribution in [1.29, 1.82) is 5.26 Å². The predicted octanol–water partition coefficient (Wildman–Crippen LogP) is 1.06. The van der Waals surface area contributed by atoms with Crippen LogP contribution in [0.5, 0.6) is 0 Å². The molecular weight excluding hydrogens is 352 g/mol. The van der Waals surface area contributed by atoms with E-state index >= 15 is 0 Å². The molecule has 0 saturated carbocycles. The summed E-state index contributed by atoms with van der Waals surface area (Å²) in [7, 11) is -1.80. The maximum Gasteiger partial charge on any atom is 0.243 e. The van der Waals surface area contributed by atoms with Gasteiger partial charge in [0.05, 0.1) is 23.9 Å². The molecule has 1 fully saturated rings. The van der Waals surface area contributed by atoms with Crippen LogP contribution in [0.1, 0.15) is 18.9 Å². The van der Waals surface area contributed by atoms with Gasteiger partial charge in [0.1, 0.15) is 0 Å². The molecule has 0 N–H and O–H groups in total. The van der Waals surface area contributed by atoms with Crippen molar-refractivity contribution >= 4 is 15.9 Å². The van der Waals surface area contributed by atoms with Crippen LogP contribution in [-0.2, 0) is 14.8 Å². The Labute approximate surface area is 155 Å². The van der Waals surface area contributed by atoms with Crippen molar-refractivity contribution in [3.05, 3.63) is 29.8 Å². The van der Waals surface area contributed by atoms with Crippen molar-refractivity contribution < 1.29 is 13.2 Å². The molecule has 8 heteroatoms. The van der Waals surface area contributed by atoms with E-state index in [-0.39, 0.29) is 18.5 Å². The van der Waals surface area contributed by atoms with Crippen LogP contribution in [0.3, 0.4) is 0 Å². The number of carbonyl (C=O) groups excluding carboxylic acids is 1. The summed E-state index contributed by atoms with van der Waals surface area (Å²) < 4.78 is 26.9. The molecule has 0 radical (unpaired) electrons. The Morgan fingerprint density at radius 3 is 2.35 bits per heavy atom. The maximum atomic E-state index is 12.7. The van der Waals surface area contributed by atoms with Crippen LogP contribution in [0.4, 0.5) is 0 Å². The van der Waals surface area contributed by atoms with Crippen molar-refractivity contribution in [2.45, 2.75) is 31.2 Å². The maximum absolute atomic E-state index is 12.7. The molecule has 1 saturated heterocycles. The van der Waals surface area contributed by atoms with Crippen LogP contribution >= 0.6 is 0 Å². The second-order valence-corrected chi connectivity index (χ2v) is 8.65. The van der Waals surface area contributed by atoms with E-state index in [1.54, 1.807) is 36.2 Å². The summed E-state index contributed by atoms with van der Waals surface area (Å²) in [6, 6.07) is 8.78. The van der Waals surface area contributed by atoms with Gasteiger partial charge in [-0.3, -0.25) is 9.69 Å². The molecule has 26 heavy (non-hydrogen) atoms. The summed E-state index contributed by atoms with van der Waals surface area (Å²) in [5, 5.41) is 8.74. The number of carbonyl (C=O) groups is 1. The first kappa shape index (κ1) is 20.4. The van der Waals surface area contributed by atoms with E-state index in [4.69, 9.17) is 5.26 Å². The van der Waals surface area contributed by atoms with Gasteiger partial charge in [0.15, 0.2) is 0 Å². The predicted molar refractivity (Wildman–Crippen MR) is 98.8 cm³/mol. The molecule has 0 bridgehead atoms. The van der Waals surface area contributed by atoms with Gasteiger partial charge in [-0.05, 0) is 26.0 Å². The van der Waals surface area contributed by atoms with Gasteiger partial charge in [-0.25, -0.2) is 8.42 Å². The third kappa shape index (κ3) is 4.81. The molecule has 1 aromatic carbocycles. The fourth-order valence-corrected chi connectivity index (χ4v) is 4.23. The average molecular weight is 378 g/mol. The first-order valence-electron chi connectivity index (χ1n) is 8.67. The third-order valence-corrected chi connectivity index (χ3v) is 6.70. The Morgan fingerprint density at radius 1 is 1.23 bits per heavy atom. The fourth-order valence-electron chi connectivity index (χ4n) is 2.80. The molecule has 1 aliphatic rings. The van der Waals surface area contributed by atoms with Crippen LogP contribution in [-0.4, -0.2) is 74.2 Å². The smallest absolute Gasteiger partial charge is 0.243 e. The van der Waals surface area contributed by atoms with Crippen molar-refractivity contribution in [1.82, 2.24) is 14.1 Å². The Bertz CT molecular complexity index is 763. The first-order chi connectivity index (χ1) is 12.3. The minimum atomic E-state index is -3.49. The molecule has 1 unspecified atom stereocenters. The lowest BCUT2D eigenvalue weighted by atomic mass is 10.2. The highest BCUT2D eigenvalue weighted by Crippen LogP contribution is 2.18. The monoisotopic (exact) mass is 378 g/mol. The zero-order valence-electron chi connectivity index (χ0n) is 15.6. The van der Waals surface area contributed by atoms with E-state index in [0.29, 0.717) is 37.5 Å². The lowest BCUT2D eigenvalue weighted by Gasteiger charge is -2.34. The number of benzene rings is 1. The zero-order chi connectivity index (χ0) is 19.3. The molecule has 2 rings (SSSR count). The summed E-state index contributed by atoms with van der Waals surface area (Å²) in [4.78, 5) is 16.1. The minimum Gasteiger partial charge on any atom is -0.341 e. The van der Waals surface area contributed by atoms with Gasteiger partial charge < -0.3 is 4.90 Å². The minimum absolute atomic E-state index is 0.0532. The van der Waals surface area contributed by atoms with Gasteiger partial charge in [-0.2, -0.15) is 9.57 Å². The van der Waals surface area contributed by atoms with Gasteiger partial charge in [-0.1, -0.05) is 17.7 Å². The van der Waals surface area contributed by atoms with Gasteiger partial charge in [0.25, 0.3) is 0 Å². The molecule has 7 nitrogen and oxygen atoms in total. The second-order valence-electron chi connectivity index (χ2n) is 6.71. The topological polar surface area (TPSA) is 84.7 Å². The molecule has 0 aromatic heterocycles. The van der Waals surface area contributed by atoms with Gasteiger partial charge >= 0.3 is 0 Å². The molecule has 1 amide bonds. The molecular formula is C18H26N4O3S. The van der Waals surface area contributed by atoms with Gasteiger partial charge in [-0.15, -0.1) is 0 Å². The number of likely N-dealkylation sites (N-methyl/N-ethyl adjacent to an activating group) is 1. The fraction of sp³-hybridized carbons (Fsp3) is 0.556. The van der Waals surface area contributed by atoms with Crippen LogP contribution in [0, 0.1) is 18.3 Å². The Kier molecular flexibility index (Phi) is 6.75. The molecule has 1 aromatic rings. The number of nitrogens with zero attached hydrogens (tertiary/aromatic N) is 4. The molecule has 1 heterocycles. The normalized spacial score (nSPS) is 17.5. The van der Waals surface area contributed by atoms with Gasteiger partial charge in [0.2, 0.25) is 15.9 Å². The molecule has 0 aliphatic carbocycles. The lowest BCUT2D eigenvalue weighted by molar-refractivity contribution is -0.133. The van der Waals surface area contributed by atoms with E-state index in [2.05, 4.69) is 6.07 Å². The number of amides is 1. The van der Waals surface area contributed by atoms with Crippen LogP contribution < -0.4 is 0 Å². The average Bonchev–Trinajstić information content (AvgIpc) is 2.62. The molecule has 142 valence electrons. The van der Waals surface area contributed by atoms with Crippen molar-refractivity contribution in [3.63, 3.8) is 0 Å². The standard InChI is InChI=1S/C18H26N4O3S/c1-15-4-6-17(7-5-15)26(24,25)22-12-10-21(11-13-22)14-18(23)20(3)16(2)8-9-19/h4-7,16H,8,10-14H2,1-3H3. The molecule has 1 aliphatic heterocycles. The number of piperazine rings is 1. The van der Waals surface area contributed by atoms with E-state index in [1.807, 2.05) is 18.7 Å². The van der Waals surface area contributed by atoms with E-state index in [1.165, 1.54) is 4.31 Å². The van der Waals surface area contributed by atoms with Crippen LogP contribution in [0.2, 0.25) is 0 Å². The summed E-state index contributed by atoms with van der Waals surface area (Å²) in [5.74, 6) is -0.0532. The zero-order valence-corrected chi connectivity index (χ0v) is 16.4. The number of aryl methyl sites for hydroxylation is 1. The number of sulfonamides is 1.